The summed E-state index contributed by atoms with van der Waals surface area (Å²) in [6, 6.07) is 17.6. The molecule has 3 aromatic rings. The fourth-order valence-corrected chi connectivity index (χ4v) is 2.28. The zero-order valence-corrected chi connectivity index (χ0v) is 12.1. The number of nitrogens with one attached hydrogen (secondary N) is 1. The van der Waals surface area contributed by atoms with Crippen LogP contribution >= 0.6 is 24.0 Å². The maximum absolute atomic E-state index is 6.02. The van der Waals surface area contributed by atoms with Crippen molar-refractivity contribution in [2.24, 2.45) is 5.84 Å². The van der Waals surface area contributed by atoms with Gasteiger partial charge in [0.15, 0.2) is 0 Å². The first-order valence-corrected chi connectivity index (χ1v) is 6.28. The van der Waals surface area contributed by atoms with E-state index in [0.29, 0.717) is 10.8 Å². The fourth-order valence-electron chi connectivity index (χ4n) is 2.10. The van der Waals surface area contributed by atoms with E-state index in [1.165, 1.54) is 0 Å². The van der Waals surface area contributed by atoms with Crippen LogP contribution in [0, 0.1) is 0 Å². The maximum Gasteiger partial charge on any atom is 0.148 e. The summed E-state index contributed by atoms with van der Waals surface area (Å²) in [4.78, 5) is 4.52. The number of nitrogen functional groups attached to an aromatic ring is 1. The summed E-state index contributed by atoms with van der Waals surface area (Å²) in [5.41, 5.74) is 5.53. The summed E-state index contributed by atoms with van der Waals surface area (Å²) in [5, 5.41) is 1.69. The Morgan fingerprint density at radius 3 is 2.45 bits per heavy atom. The number of hydrogen-bond donors (Lipinski definition) is 2. The van der Waals surface area contributed by atoms with E-state index in [2.05, 4.69) is 10.4 Å². The second kappa shape index (κ2) is 6.09. The molecule has 1 aromatic heterocycles. The van der Waals surface area contributed by atoms with E-state index in [1.807, 2.05) is 54.6 Å². The minimum absolute atomic E-state index is 0. The Morgan fingerprint density at radius 2 is 1.75 bits per heavy atom. The lowest BCUT2D eigenvalue weighted by Gasteiger charge is -2.10. The van der Waals surface area contributed by atoms with Crippen molar-refractivity contribution >= 4 is 40.7 Å². The number of aromatic nitrogens is 1. The van der Waals surface area contributed by atoms with Crippen molar-refractivity contribution in [1.82, 2.24) is 4.98 Å². The zero-order chi connectivity index (χ0) is 13.2. The van der Waals surface area contributed by atoms with Crippen molar-refractivity contribution in [3.63, 3.8) is 0 Å². The van der Waals surface area contributed by atoms with E-state index in [4.69, 9.17) is 17.4 Å². The summed E-state index contributed by atoms with van der Waals surface area (Å²) in [6.45, 7) is 0. The molecule has 3 N–H and O–H groups in total. The second-order valence-electron chi connectivity index (χ2n) is 4.23. The molecule has 2 aromatic carbocycles. The van der Waals surface area contributed by atoms with Crippen LogP contribution in [0.25, 0.3) is 22.0 Å². The zero-order valence-electron chi connectivity index (χ0n) is 10.5. The third-order valence-corrected chi connectivity index (χ3v) is 3.23. The molecule has 3 nitrogen and oxygen atoms in total. The van der Waals surface area contributed by atoms with Gasteiger partial charge in [-0.05, 0) is 29.8 Å². The van der Waals surface area contributed by atoms with Gasteiger partial charge in [0.1, 0.15) is 5.82 Å². The number of hydrogen-bond acceptors (Lipinski definition) is 3. The van der Waals surface area contributed by atoms with Crippen LogP contribution in [0.1, 0.15) is 0 Å². The molecular formula is C15H13Cl2N3. The first-order valence-electron chi connectivity index (χ1n) is 5.90. The van der Waals surface area contributed by atoms with E-state index in [-0.39, 0.29) is 12.4 Å². The number of hydrazine groups is 1. The van der Waals surface area contributed by atoms with E-state index in [0.717, 1.165) is 22.0 Å². The van der Waals surface area contributed by atoms with Gasteiger partial charge < -0.3 is 5.43 Å². The minimum Gasteiger partial charge on any atom is -0.308 e. The lowest BCUT2D eigenvalue weighted by Crippen LogP contribution is -2.10. The molecule has 0 aliphatic carbocycles. The van der Waals surface area contributed by atoms with Gasteiger partial charge in [0.25, 0.3) is 0 Å². The Morgan fingerprint density at radius 1 is 1.00 bits per heavy atom. The summed E-state index contributed by atoms with van der Waals surface area (Å²) < 4.78 is 0. The largest absolute Gasteiger partial charge is 0.308 e. The lowest BCUT2D eigenvalue weighted by atomic mass is 10.0. The predicted octanol–water partition coefficient (Wildman–Crippen LogP) is 4.26. The molecule has 0 fully saturated rings. The number of rotatable bonds is 2. The molecule has 5 heteroatoms. The third-order valence-electron chi connectivity index (χ3n) is 3.00. The monoisotopic (exact) mass is 305 g/mol. The predicted molar refractivity (Wildman–Crippen MR) is 87.2 cm³/mol. The number of nitrogens with two attached hydrogens (primary N) is 1. The molecule has 0 amide bonds. The van der Waals surface area contributed by atoms with Crippen LogP contribution in [-0.4, -0.2) is 4.98 Å². The molecule has 0 unspecified atom stereocenters. The van der Waals surface area contributed by atoms with Gasteiger partial charge >= 0.3 is 0 Å². The van der Waals surface area contributed by atoms with Gasteiger partial charge in [-0.2, -0.15) is 0 Å². The van der Waals surface area contributed by atoms with Crippen LogP contribution in [0.15, 0.2) is 54.6 Å². The second-order valence-corrected chi connectivity index (χ2v) is 4.67. The summed E-state index contributed by atoms with van der Waals surface area (Å²) in [6.07, 6.45) is 0. The van der Waals surface area contributed by atoms with E-state index in [9.17, 15) is 0 Å². The maximum atomic E-state index is 6.02. The van der Waals surface area contributed by atoms with E-state index < -0.39 is 0 Å². The van der Waals surface area contributed by atoms with Crippen molar-refractivity contribution in [1.29, 1.82) is 0 Å². The number of benzene rings is 2. The van der Waals surface area contributed by atoms with Gasteiger partial charge in [-0.3, -0.25) is 0 Å². The summed E-state index contributed by atoms with van der Waals surface area (Å²) in [5.74, 6) is 6.22. The van der Waals surface area contributed by atoms with Crippen molar-refractivity contribution in [3.05, 3.63) is 59.6 Å². The van der Waals surface area contributed by atoms with Gasteiger partial charge in [0, 0.05) is 16.0 Å². The van der Waals surface area contributed by atoms with Gasteiger partial charge in [0.2, 0.25) is 0 Å². The highest BCUT2D eigenvalue weighted by molar-refractivity contribution is 6.31. The number of halogens is 2. The van der Waals surface area contributed by atoms with Crippen LogP contribution in [0.3, 0.4) is 0 Å². The molecule has 0 radical (unpaired) electrons. The Balaban J connectivity index is 0.00000147. The average Bonchev–Trinajstić information content (AvgIpc) is 2.46. The highest BCUT2D eigenvalue weighted by atomic mass is 35.5. The van der Waals surface area contributed by atoms with Gasteiger partial charge in [-0.15, -0.1) is 12.4 Å². The summed E-state index contributed by atoms with van der Waals surface area (Å²) >= 11 is 6.02. The molecule has 3 rings (SSSR count). The Bertz CT molecular complexity index is 730. The normalized spacial score (nSPS) is 10.1. The molecule has 0 aliphatic heterocycles. The molecule has 0 bridgehead atoms. The van der Waals surface area contributed by atoms with Crippen molar-refractivity contribution in [2.45, 2.75) is 0 Å². The molecule has 0 saturated heterocycles. The van der Waals surface area contributed by atoms with Crippen molar-refractivity contribution < 1.29 is 0 Å². The van der Waals surface area contributed by atoms with Crippen molar-refractivity contribution in [3.8, 4) is 11.1 Å². The highest BCUT2D eigenvalue weighted by Crippen LogP contribution is 2.30. The van der Waals surface area contributed by atoms with Crippen LogP contribution in [0.2, 0.25) is 5.02 Å². The van der Waals surface area contributed by atoms with Crippen LogP contribution in [0.5, 0.6) is 0 Å². The van der Waals surface area contributed by atoms with Crippen LogP contribution < -0.4 is 11.3 Å². The Hall–Kier alpha value is -1.81. The number of nitrogens with zero attached hydrogens (tertiary/aromatic N) is 1. The van der Waals surface area contributed by atoms with Crippen LogP contribution in [-0.2, 0) is 0 Å². The highest BCUT2D eigenvalue weighted by Gasteiger charge is 2.08. The number of anilines is 1. The fraction of sp³-hybridized carbons (Fsp3) is 0. The molecular weight excluding hydrogens is 293 g/mol. The molecule has 20 heavy (non-hydrogen) atoms. The molecule has 0 spiro atoms. The Labute approximate surface area is 128 Å². The first-order chi connectivity index (χ1) is 9.28. The quantitative estimate of drug-likeness (QED) is 0.549. The molecule has 0 atom stereocenters. The van der Waals surface area contributed by atoms with E-state index >= 15 is 0 Å². The lowest BCUT2D eigenvalue weighted by molar-refractivity contribution is 1.26. The summed E-state index contributed by atoms with van der Waals surface area (Å²) in [7, 11) is 0. The van der Waals surface area contributed by atoms with E-state index in [1.54, 1.807) is 0 Å². The average molecular weight is 306 g/mol. The number of pyridine rings is 1. The molecule has 0 saturated carbocycles. The van der Waals surface area contributed by atoms with Gasteiger partial charge in [-0.1, -0.05) is 41.9 Å². The van der Waals surface area contributed by atoms with Gasteiger partial charge in [0.05, 0.1) is 5.52 Å². The first kappa shape index (κ1) is 14.6. The van der Waals surface area contributed by atoms with Crippen LogP contribution in [0.4, 0.5) is 5.82 Å². The topological polar surface area (TPSA) is 50.9 Å². The Kier molecular flexibility index (Phi) is 4.45. The standard InChI is InChI=1S/C15H12ClN3.ClH/c16-12-6-7-14-11(8-12)9-13(15(18-14)19-17)10-4-2-1-3-5-10;/h1-9H,17H2,(H,18,19);1H. The number of fused-ring (bicyclic) bond motifs is 1. The SMILES string of the molecule is Cl.NNc1nc2ccc(Cl)cc2cc1-c1ccccc1. The molecule has 1 heterocycles. The van der Waals surface area contributed by atoms with Gasteiger partial charge in [-0.25, -0.2) is 10.8 Å². The third kappa shape index (κ3) is 2.70. The minimum atomic E-state index is 0. The molecule has 0 aliphatic rings. The smallest absolute Gasteiger partial charge is 0.148 e. The molecule has 102 valence electrons. The van der Waals surface area contributed by atoms with Crippen molar-refractivity contribution in [2.75, 3.05) is 5.43 Å².